The average Bonchev–Trinajstić information content (AvgIpc) is 3.13. The number of anilines is 1. The highest BCUT2D eigenvalue weighted by molar-refractivity contribution is 5.97. The second-order valence-corrected chi connectivity index (χ2v) is 8.90. The van der Waals surface area contributed by atoms with Crippen LogP contribution in [0.3, 0.4) is 0 Å². The van der Waals surface area contributed by atoms with Crippen molar-refractivity contribution in [2.75, 3.05) is 11.9 Å². The molecule has 1 aromatic heterocycles. The van der Waals surface area contributed by atoms with Gasteiger partial charge in [-0.15, -0.1) is 0 Å². The maximum atomic E-state index is 11.8. The molecule has 0 aromatic carbocycles. The monoisotopic (exact) mass is 379 g/mol. The summed E-state index contributed by atoms with van der Waals surface area (Å²) < 4.78 is 6.25. The van der Waals surface area contributed by atoms with E-state index in [1.165, 1.54) is 19.0 Å². The quantitative estimate of drug-likeness (QED) is 0.733. The average molecular weight is 379 g/mol. The van der Waals surface area contributed by atoms with Crippen LogP contribution in [0.15, 0.2) is 12.3 Å². The number of carboxylic acids is 1. The first kappa shape index (κ1) is 17.7. The minimum absolute atomic E-state index is 0.0682. The maximum absolute atomic E-state index is 11.8. The molecule has 2 unspecified atom stereocenters. The number of nitrogens with zero attached hydrogens (tertiary/aromatic N) is 2. The van der Waals surface area contributed by atoms with Crippen molar-refractivity contribution in [1.82, 2.24) is 4.98 Å². The SMILES string of the molecule is N#CCCOC12CC3CC(C1)C(Nc1c(C(=O)O)cnc4c1C=CC4)C(C3)C2. The fourth-order valence-corrected chi connectivity index (χ4v) is 6.36. The lowest BCUT2D eigenvalue weighted by Crippen LogP contribution is -2.60. The van der Waals surface area contributed by atoms with E-state index in [4.69, 9.17) is 10.00 Å². The first-order valence-corrected chi connectivity index (χ1v) is 10.3. The molecule has 1 heterocycles. The molecule has 28 heavy (non-hydrogen) atoms. The summed E-state index contributed by atoms with van der Waals surface area (Å²) in [5.74, 6) is 0.742. The van der Waals surface area contributed by atoms with E-state index in [0.29, 0.717) is 30.8 Å². The highest BCUT2D eigenvalue weighted by atomic mass is 16.5. The molecule has 4 bridgehead atoms. The van der Waals surface area contributed by atoms with Crippen LogP contribution in [0.25, 0.3) is 6.08 Å². The van der Waals surface area contributed by atoms with Crippen molar-refractivity contribution in [3.63, 3.8) is 0 Å². The van der Waals surface area contributed by atoms with Gasteiger partial charge in [-0.25, -0.2) is 4.79 Å². The van der Waals surface area contributed by atoms with E-state index in [1.54, 1.807) is 0 Å². The molecular weight excluding hydrogens is 354 g/mol. The Bertz CT molecular complexity index is 872. The number of aromatic carboxylic acids is 1. The lowest BCUT2D eigenvalue weighted by Gasteiger charge is -2.60. The molecule has 6 rings (SSSR count). The third-order valence-electron chi connectivity index (χ3n) is 7.18. The smallest absolute Gasteiger partial charge is 0.339 e. The number of ether oxygens (including phenoxy) is 1. The normalized spacial score (nSPS) is 34.2. The van der Waals surface area contributed by atoms with Gasteiger partial charge in [-0.3, -0.25) is 4.98 Å². The van der Waals surface area contributed by atoms with Gasteiger partial charge in [0.15, 0.2) is 0 Å². The lowest BCUT2D eigenvalue weighted by molar-refractivity contribution is -0.165. The Hall–Kier alpha value is -2.39. The Kier molecular flexibility index (Phi) is 4.17. The molecule has 5 aliphatic rings. The summed E-state index contributed by atoms with van der Waals surface area (Å²) >= 11 is 0. The predicted octanol–water partition coefficient (Wildman–Crippen LogP) is 3.64. The first-order valence-electron chi connectivity index (χ1n) is 10.3. The van der Waals surface area contributed by atoms with Crippen LogP contribution in [0.4, 0.5) is 5.69 Å². The van der Waals surface area contributed by atoms with E-state index in [1.807, 2.05) is 12.2 Å². The first-order chi connectivity index (χ1) is 13.6. The number of hydrogen-bond donors (Lipinski definition) is 2. The fourth-order valence-electron chi connectivity index (χ4n) is 6.36. The summed E-state index contributed by atoms with van der Waals surface area (Å²) in [7, 11) is 0. The van der Waals surface area contributed by atoms with Gasteiger partial charge < -0.3 is 15.2 Å². The van der Waals surface area contributed by atoms with Crippen LogP contribution in [0.5, 0.6) is 0 Å². The Morgan fingerprint density at radius 1 is 1.36 bits per heavy atom. The number of hydrogen-bond acceptors (Lipinski definition) is 5. The van der Waals surface area contributed by atoms with Crippen LogP contribution in [0.2, 0.25) is 0 Å². The molecule has 6 nitrogen and oxygen atoms in total. The van der Waals surface area contributed by atoms with Gasteiger partial charge in [0.2, 0.25) is 0 Å². The molecule has 0 aliphatic heterocycles. The van der Waals surface area contributed by atoms with Crippen LogP contribution >= 0.6 is 0 Å². The van der Waals surface area contributed by atoms with Crippen LogP contribution in [0.1, 0.15) is 60.1 Å². The highest BCUT2D eigenvalue weighted by Crippen LogP contribution is 2.58. The van der Waals surface area contributed by atoms with Gasteiger partial charge in [0.25, 0.3) is 0 Å². The topological polar surface area (TPSA) is 95.2 Å². The summed E-state index contributed by atoms with van der Waals surface area (Å²) in [6.07, 6.45) is 12.3. The van der Waals surface area contributed by atoms with E-state index in [-0.39, 0.29) is 17.2 Å². The Balaban J connectivity index is 1.42. The lowest BCUT2D eigenvalue weighted by atomic mass is 9.52. The molecule has 6 heteroatoms. The number of pyridine rings is 1. The Morgan fingerprint density at radius 2 is 2.14 bits per heavy atom. The zero-order valence-corrected chi connectivity index (χ0v) is 15.9. The van der Waals surface area contributed by atoms with Gasteiger partial charge in [-0.05, 0) is 49.9 Å². The number of carboxylic acid groups (broad SMARTS) is 1. The molecule has 0 radical (unpaired) electrons. The Labute approximate surface area is 164 Å². The molecule has 4 saturated carbocycles. The predicted molar refractivity (Wildman–Crippen MR) is 104 cm³/mol. The molecule has 0 saturated heterocycles. The van der Waals surface area contributed by atoms with Gasteiger partial charge >= 0.3 is 5.97 Å². The number of aromatic nitrogens is 1. The highest BCUT2D eigenvalue weighted by Gasteiger charge is 2.56. The van der Waals surface area contributed by atoms with Crippen molar-refractivity contribution >= 4 is 17.7 Å². The van der Waals surface area contributed by atoms with Crippen molar-refractivity contribution in [3.8, 4) is 6.07 Å². The Morgan fingerprint density at radius 3 is 2.86 bits per heavy atom. The third kappa shape index (κ3) is 2.80. The summed E-state index contributed by atoms with van der Waals surface area (Å²) in [6.45, 7) is 0.520. The molecule has 0 spiro atoms. The van der Waals surface area contributed by atoms with E-state index in [2.05, 4.69) is 16.4 Å². The molecule has 4 fully saturated rings. The number of rotatable bonds is 6. The van der Waals surface area contributed by atoms with E-state index in [9.17, 15) is 9.90 Å². The molecular formula is C22H25N3O3. The number of allylic oxidation sites excluding steroid dienone is 1. The van der Waals surface area contributed by atoms with E-state index < -0.39 is 5.97 Å². The van der Waals surface area contributed by atoms with Crippen LogP contribution in [-0.4, -0.2) is 34.3 Å². The van der Waals surface area contributed by atoms with E-state index >= 15 is 0 Å². The van der Waals surface area contributed by atoms with Crippen molar-refractivity contribution in [2.24, 2.45) is 17.8 Å². The number of nitrogens with one attached hydrogen (secondary N) is 1. The van der Waals surface area contributed by atoms with E-state index in [0.717, 1.165) is 42.6 Å². The minimum Gasteiger partial charge on any atom is -0.478 e. The van der Waals surface area contributed by atoms with Crippen molar-refractivity contribution in [1.29, 1.82) is 5.26 Å². The van der Waals surface area contributed by atoms with Crippen LogP contribution in [0, 0.1) is 29.1 Å². The van der Waals surface area contributed by atoms with Gasteiger partial charge in [0.05, 0.1) is 36.1 Å². The molecule has 0 amide bonds. The van der Waals surface area contributed by atoms with Crippen molar-refractivity contribution in [2.45, 2.75) is 56.6 Å². The summed E-state index contributed by atoms with van der Waals surface area (Å²) in [5.41, 5.74) is 2.82. The summed E-state index contributed by atoms with van der Waals surface area (Å²) in [4.78, 5) is 16.2. The number of fused-ring (bicyclic) bond motifs is 1. The second kappa shape index (κ2) is 6.59. The van der Waals surface area contributed by atoms with Crippen molar-refractivity contribution < 1.29 is 14.6 Å². The standard InChI is InChI=1S/C22H25N3O3/c23-5-2-6-28-22-9-13-7-14(10-22)19(15(8-13)11-22)25-20-16-3-1-4-18(16)24-12-17(20)21(26)27/h1,3,12-15,19H,2,4,6-11H2,(H,24,25)(H,26,27). The minimum atomic E-state index is -0.932. The zero-order valence-electron chi connectivity index (χ0n) is 15.9. The zero-order chi connectivity index (χ0) is 19.3. The maximum Gasteiger partial charge on any atom is 0.339 e. The van der Waals surface area contributed by atoms with Crippen LogP contribution < -0.4 is 5.32 Å². The van der Waals surface area contributed by atoms with Gasteiger partial charge in [0, 0.05) is 24.2 Å². The van der Waals surface area contributed by atoms with Crippen molar-refractivity contribution in [3.05, 3.63) is 29.1 Å². The molecule has 1 aromatic rings. The fraction of sp³-hybridized carbons (Fsp3) is 0.591. The summed E-state index contributed by atoms with van der Waals surface area (Å²) in [6, 6.07) is 2.46. The van der Waals surface area contributed by atoms with Gasteiger partial charge in [0.1, 0.15) is 5.56 Å². The van der Waals surface area contributed by atoms with Crippen LogP contribution in [-0.2, 0) is 11.2 Å². The third-order valence-corrected chi connectivity index (χ3v) is 7.18. The molecule has 146 valence electrons. The summed E-state index contributed by atoms with van der Waals surface area (Å²) in [5, 5.41) is 22.2. The number of nitriles is 1. The van der Waals surface area contributed by atoms with Gasteiger partial charge in [-0.2, -0.15) is 5.26 Å². The number of carbonyl (C=O) groups is 1. The molecule has 5 aliphatic carbocycles. The largest absolute Gasteiger partial charge is 0.478 e. The van der Waals surface area contributed by atoms with Gasteiger partial charge in [-0.1, -0.05) is 12.2 Å². The second-order valence-electron chi connectivity index (χ2n) is 8.90. The molecule has 2 atom stereocenters. The molecule has 2 N–H and O–H groups in total.